The molecular weight excluding hydrogens is 256 g/mol. The largest absolute Gasteiger partial charge is 0.492 e. The van der Waals surface area contributed by atoms with Crippen LogP contribution in [0.1, 0.15) is 18.4 Å². The minimum atomic E-state index is -0.204. The molecule has 0 bridgehead atoms. The van der Waals surface area contributed by atoms with Crippen molar-refractivity contribution in [1.29, 1.82) is 0 Å². The first-order valence-corrected chi connectivity index (χ1v) is 7.04. The number of fused-ring (bicyclic) bond motifs is 1. The van der Waals surface area contributed by atoms with Gasteiger partial charge in [0.25, 0.3) is 0 Å². The van der Waals surface area contributed by atoms with Crippen molar-refractivity contribution in [1.82, 2.24) is 4.90 Å². The molecule has 3 rings (SSSR count). The van der Waals surface area contributed by atoms with Crippen molar-refractivity contribution >= 4 is 5.91 Å². The third-order valence-electron chi connectivity index (χ3n) is 4.05. The first kappa shape index (κ1) is 13.4. The number of nitrogens with zero attached hydrogens (tertiary/aromatic N) is 1. The Balaban J connectivity index is 1.79. The topological polar surface area (TPSA) is 64.8 Å². The van der Waals surface area contributed by atoms with Gasteiger partial charge in [-0.3, -0.25) is 4.79 Å². The second kappa shape index (κ2) is 5.42. The number of carbonyl (C=O) groups excluding carboxylic acids is 1. The van der Waals surface area contributed by atoms with Crippen molar-refractivity contribution in [2.45, 2.75) is 25.0 Å². The fraction of sp³-hybridized carbons (Fsp3) is 0.533. The van der Waals surface area contributed by atoms with Gasteiger partial charge < -0.3 is 20.1 Å². The van der Waals surface area contributed by atoms with E-state index in [-0.39, 0.29) is 24.0 Å². The van der Waals surface area contributed by atoms with Crippen LogP contribution in [0, 0.1) is 0 Å². The van der Waals surface area contributed by atoms with Crippen LogP contribution in [0.3, 0.4) is 0 Å². The van der Waals surface area contributed by atoms with Crippen molar-refractivity contribution in [3.8, 4) is 5.75 Å². The molecule has 5 heteroatoms. The summed E-state index contributed by atoms with van der Waals surface area (Å²) < 4.78 is 11.2. The van der Waals surface area contributed by atoms with Crippen LogP contribution >= 0.6 is 0 Å². The van der Waals surface area contributed by atoms with E-state index in [0.717, 1.165) is 11.3 Å². The predicted molar refractivity (Wildman–Crippen MR) is 74.6 cm³/mol. The van der Waals surface area contributed by atoms with Crippen LogP contribution in [0.5, 0.6) is 5.75 Å². The molecule has 3 atom stereocenters. The van der Waals surface area contributed by atoms with E-state index < -0.39 is 0 Å². The van der Waals surface area contributed by atoms with Gasteiger partial charge in [0.05, 0.1) is 18.8 Å². The highest BCUT2D eigenvalue weighted by molar-refractivity contribution is 5.86. The lowest BCUT2D eigenvalue weighted by atomic mass is 9.98. The molecule has 1 amide bonds. The Morgan fingerprint density at radius 3 is 3.00 bits per heavy atom. The summed E-state index contributed by atoms with van der Waals surface area (Å²) in [5.74, 6) is 0.733. The van der Waals surface area contributed by atoms with Crippen molar-refractivity contribution in [3.05, 3.63) is 29.8 Å². The van der Waals surface area contributed by atoms with Gasteiger partial charge in [0, 0.05) is 18.7 Å². The van der Waals surface area contributed by atoms with E-state index in [1.54, 1.807) is 0 Å². The van der Waals surface area contributed by atoms with E-state index in [9.17, 15) is 4.79 Å². The molecular formula is C15H20N2O3. The third-order valence-corrected chi connectivity index (χ3v) is 4.05. The second-order valence-corrected chi connectivity index (χ2v) is 5.43. The quantitative estimate of drug-likeness (QED) is 0.865. The summed E-state index contributed by atoms with van der Waals surface area (Å²) in [6.07, 6.45) is -0.0623. The molecule has 1 aromatic rings. The summed E-state index contributed by atoms with van der Waals surface area (Å²) in [6.45, 7) is 3.98. The highest BCUT2D eigenvalue weighted by Gasteiger charge is 2.37. The van der Waals surface area contributed by atoms with Gasteiger partial charge in [-0.05, 0) is 13.0 Å². The Hall–Kier alpha value is -1.59. The predicted octanol–water partition coefficient (Wildman–Crippen LogP) is 0.737. The molecule has 0 aromatic heterocycles. The van der Waals surface area contributed by atoms with E-state index in [0.29, 0.717) is 26.3 Å². The zero-order chi connectivity index (χ0) is 14.1. The highest BCUT2D eigenvalue weighted by Crippen LogP contribution is 2.35. The Morgan fingerprint density at radius 1 is 1.40 bits per heavy atom. The maximum atomic E-state index is 12.8. The van der Waals surface area contributed by atoms with Crippen LogP contribution in [-0.4, -0.2) is 49.3 Å². The summed E-state index contributed by atoms with van der Waals surface area (Å²) in [5, 5.41) is 0. The van der Waals surface area contributed by atoms with Crippen LogP contribution in [0.2, 0.25) is 0 Å². The van der Waals surface area contributed by atoms with Gasteiger partial charge in [-0.15, -0.1) is 0 Å². The van der Waals surface area contributed by atoms with Crippen LogP contribution in [-0.2, 0) is 9.53 Å². The Kier molecular flexibility index (Phi) is 3.63. The van der Waals surface area contributed by atoms with Gasteiger partial charge in [0.15, 0.2) is 0 Å². The number of rotatable bonds is 2. The van der Waals surface area contributed by atoms with Gasteiger partial charge in [0.2, 0.25) is 5.91 Å². The SMILES string of the molecule is CC1COC(CN)CN1C(=O)C1COc2ccccc21. The number of nitrogens with two attached hydrogens (primary N) is 1. The monoisotopic (exact) mass is 276 g/mol. The van der Waals surface area contributed by atoms with Gasteiger partial charge in [-0.2, -0.15) is 0 Å². The fourth-order valence-corrected chi connectivity index (χ4v) is 2.83. The first-order chi connectivity index (χ1) is 9.70. The Labute approximate surface area is 118 Å². The molecule has 2 aliphatic heterocycles. The average molecular weight is 276 g/mol. The zero-order valence-corrected chi connectivity index (χ0v) is 11.6. The summed E-state index contributed by atoms with van der Waals surface area (Å²) in [7, 11) is 0. The van der Waals surface area contributed by atoms with Gasteiger partial charge in [-0.1, -0.05) is 18.2 Å². The molecule has 0 saturated carbocycles. The summed E-state index contributed by atoms with van der Waals surface area (Å²) >= 11 is 0. The van der Waals surface area contributed by atoms with Crippen LogP contribution in [0.25, 0.3) is 0 Å². The van der Waals surface area contributed by atoms with Crippen LogP contribution in [0.4, 0.5) is 0 Å². The summed E-state index contributed by atoms with van der Waals surface area (Å²) in [6, 6.07) is 7.83. The molecule has 0 radical (unpaired) electrons. The molecule has 1 aromatic carbocycles. The van der Waals surface area contributed by atoms with E-state index >= 15 is 0 Å². The lowest BCUT2D eigenvalue weighted by Crippen LogP contribution is -2.54. The molecule has 0 aliphatic carbocycles. The molecule has 2 heterocycles. The van der Waals surface area contributed by atoms with Gasteiger partial charge in [0.1, 0.15) is 18.3 Å². The van der Waals surface area contributed by atoms with Crippen molar-refractivity contribution < 1.29 is 14.3 Å². The number of ether oxygens (including phenoxy) is 2. The van der Waals surface area contributed by atoms with E-state index in [2.05, 4.69) is 0 Å². The van der Waals surface area contributed by atoms with E-state index in [1.807, 2.05) is 36.1 Å². The molecule has 20 heavy (non-hydrogen) atoms. The smallest absolute Gasteiger partial charge is 0.234 e. The molecule has 2 N–H and O–H groups in total. The second-order valence-electron chi connectivity index (χ2n) is 5.43. The molecule has 2 aliphatic rings. The average Bonchev–Trinajstić information content (AvgIpc) is 2.91. The molecule has 1 fully saturated rings. The minimum Gasteiger partial charge on any atom is -0.492 e. The number of hydrogen-bond donors (Lipinski definition) is 1. The molecule has 108 valence electrons. The lowest BCUT2D eigenvalue weighted by Gasteiger charge is -2.38. The minimum absolute atomic E-state index is 0.0623. The maximum absolute atomic E-state index is 12.8. The van der Waals surface area contributed by atoms with Gasteiger partial charge in [-0.25, -0.2) is 0 Å². The Morgan fingerprint density at radius 2 is 2.20 bits per heavy atom. The standard InChI is InChI=1S/C15H20N2O3/c1-10-8-19-11(6-16)7-17(10)15(18)13-9-20-14-5-3-2-4-12(13)14/h2-5,10-11,13H,6-9,16H2,1H3. The molecule has 0 spiro atoms. The Bertz CT molecular complexity index is 506. The van der Waals surface area contributed by atoms with E-state index in [4.69, 9.17) is 15.2 Å². The van der Waals surface area contributed by atoms with Crippen LogP contribution in [0.15, 0.2) is 24.3 Å². The number of benzene rings is 1. The van der Waals surface area contributed by atoms with E-state index in [1.165, 1.54) is 0 Å². The first-order valence-electron chi connectivity index (χ1n) is 7.04. The molecule has 3 unspecified atom stereocenters. The number of hydrogen-bond acceptors (Lipinski definition) is 4. The van der Waals surface area contributed by atoms with Gasteiger partial charge >= 0.3 is 0 Å². The molecule has 5 nitrogen and oxygen atoms in total. The van der Waals surface area contributed by atoms with Crippen LogP contribution < -0.4 is 10.5 Å². The highest BCUT2D eigenvalue weighted by atomic mass is 16.5. The van der Waals surface area contributed by atoms with Crippen molar-refractivity contribution in [2.75, 3.05) is 26.3 Å². The number of amides is 1. The molecule has 1 saturated heterocycles. The van der Waals surface area contributed by atoms with Crippen molar-refractivity contribution in [2.24, 2.45) is 5.73 Å². The summed E-state index contributed by atoms with van der Waals surface area (Å²) in [4.78, 5) is 14.7. The fourth-order valence-electron chi connectivity index (χ4n) is 2.83. The lowest BCUT2D eigenvalue weighted by molar-refractivity contribution is -0.145. The van der Waals surface area contributed by atoms with Crippen molar-refractivity contribution in [3.63, 3.8) is 0 Å². The number of para-hydroxylation sites is 1. The number of morpholine rings is 1. The third kappa shape index (κ3) is 2.27. The zero-order valence-electron chi connectivity index (χ0n) is 11.6. The normalized spacial score (nSPS) is 28.9. The maximum Gasteiger partial charge on any atom is 0.234 e. The summed E-state index contributed by atoms with van der Waals surface area (Å²) in [5.41, 5.74) is 6.64. The number of carbonyl (C=O) groups is 1.